The Morgan fingerprint density at radius 1 is 1.55 bits per heavy atom. The number of β-amino-alcohol motifs (C(OH)–C–C–N with tert-alkyl or cyclic N) is 1. The van der Waals surface area contributed by atoms with Crippen LogP contribution in [0.3, 0.4) is 0 Å². The van der Waals surface area contributed by atoms with Gasteiger partial charge < -0.3 is 25.0 Å². The number of nitrogens with one attached hydrogen (secondary N) is 1. The van der Waals surface area contributed by atoms with Gasteiger partial charge in [-0.1, -0.05) is 5.16 Å². The number of nitrogens with zero attached hydrogens (tertiary/aromatic N) is 3. The number of carboxylic acids is 1. The SMILES string of the molecule is Cc1noc(CCNC(=O)N2CC(O)C[C@H]2C(=O)O)n1. The molecule has 1 aromatic heterocycles. The molecule has 1 aliphatic heterocycles. The molecule has 110 valence electrons. The average Bonchev–Trinajstić information content (AvgIpc) is 2.95. The summed E-state index contributed by atoms with van der Waals surface area (Å²) >= 11 is 0. The quantitative estimate of drug-likeness (QED) is 0.656. The molecule has 2 rings (SSSR count). The van der Waals surface area contributed by atoms with Crippen LogP contribution in [0.25, 0.3) is 0 Å². The van der Waals surface area contributed by atoms with E-state index in [4.69, 9.17) is 9.63 Å². The van der Waals surface area contributed by atoms with E-state index in [0.717, 1.165) is 4.90 Å². The monoisotopic (exact) mass is 284 g/mol. The van der Waals surface area contributed by atoms with Crippen molar-refractivity contribution >= 4 is 12.0 Å². The first-order valence-electron chi connectivity index (χ1n) is 6.22. The molecular formula is C11H16N4O5. The second kappa shape index (κ2) is 5.87. The standard InChI is InChI=1S/C11H16N4O5/c1-6-13-9(20-14-6)2-3-12-11(19)15-5-7(16)4-8(15)10(17)18/h7-8,16H,2-5H2,1H3,(H,12,19)(H,17,18)/t7?,8-/m0/s1. The molecule has 2 amide bonds. The van der Waals surface area contributed by atoms with Gasteiger partial charge in [0.1, 0.15) is 6.04 Å². The number of aliphatic hydroxyl groups excluding tert-OH is 1. The molecule has 1 saturated heterocycles. The molecule has 1 unspecified atom stereocenters. The van der Waals surface area contributed by atoms with Crippen LogP contribution in [-0.4, -0.2) is 62.5 Å². The van der Waals surface area contributed by atoms with Gasteiger partial charge in [0, 0.05) is 25.9 Å². The molecule has 0 bridgehead atoms. The van der Waals surface area contributed by atoms with E-state index in [1.165, 1.54) is 0 Å². The number of likely N-dealkylation sites (tertiary alicyclic amines) is 1. The van der Waals surface area contributed by atoms with Crippen molar-refractivity contribution in [2.45, 2.75) is 31.9 Å². The summed E-state index contributed by atoms with van der Waals surface area (Å²) in [4.78, 5) is 28.0. The van der Waals surface area contributed by atoms with Crippen molar-refractivity contribution in [2.75, 3.05) is 13.1 Å². The fourth-order valence-corrected chi connectivity index (χ4v) is 2.09. The number of carbonyl (C=O) groups excluding carboxylic acids is 1. The number of aromatic nitrogens is 2. The number of carboxylic acid groups (broad SMARTS) is 1. The molecule has 1 aromatic rings. The number of carbonyl (C=O) groups is 2. The van der Waals surface area contributed by atoms with E-state index in [-0.39, 0.29) is 19.5 Å². The maximum Gasteiger partial charge on any atom is 0.326 e. The molecule has 1 fully saturated rings. The van der Waals surface area contributed by atoms with Gasteiger partial charge in [-0.05, 0) is 6.92 Å². The van der Waals surface area contributed by atoms with Gasteiger partial charge in [0.05, 0.1) is 6.10 Å². The average molecular weight is 284 g/mol. The predicted octanol–water partition coefficient (Wildman–Crippen LogP) is -0.850. The maximum absolute atomic E-state index is 11.9. The Labute approximate surface area is 114 Å². The number of hydrogen-bond donors (Lipinski definition) is 3. The molecule has 0 spiro atoms. The molecule has 20 heavy (non-hydrogen) atoms. The van der Waals surface area contributed by atoms with Crippen molar-refractivity contribution in [1.82, 2.24) is 20.4 Å². The van der Waals surface area contributed by atoms with Crippen LogP contribution in [-0.2, 0) is 11.2 Å². The Balaban J connectivity index is 1.83. The molecule has 9 heteroatoms. The van der Waals surface area contributed by atoms with E-state index in [9.17, 15) is 14.7 Å². The third kappa shape index (κ3) is 3.23. The second-order valence-electron chi connectivity index (χ2n) is 4.61. The number of rotatable bonds is 4. The highest BCUT2D eigenvalue weighted by atomic mass is 16.5. The smallest absolute Gasteiger partial charge is 0.326 e. The van der Waals surface area contributed by atoms with Crippen LogP contribution in [0.15, 0.2) is 4.52 Å². The number of aliphatic carboxylic acids is 1. The van der Waals surface area contributed by atoms with Crippen LogP contribution in [0.5, 0.6) is 0 Å². The highest BCUT2D eigenvalue weighted by Gasteiger charge is 2.38. The zero-order valence-electron chi connectivity index (χ0n) is 10.9. The van der Waals surface area contributed by atoms with Gasteiger partial charge in [-0.15, -0.1) is 0 Å². The number of amides is 2. The second-order valence-corrected chi connectivity index (χ2v) is 4.61. The maximum atomic E-state index is 11.9. The van der Waals surface area contributed by atoms with Gasteiger partial charge in [-0.2, -0.15) is 4.98 Å². The summed E-state index contributed by atoms with van der Waals surface area (Å²) in [5.41, 5.74) is 0. The summed E-state index contributed by atoms with van der Waals surface area (Å²) in [6.45, 7) is 1.95. The first-order chi connectivity index (χ1) is 9.47. The van der Waals surface area contributed by atoms with Crippen molar-refractivity contribution in [3.63, 3.8) is 0 Å². The van der Waals surface area contributed by atoms with Crippen molar-refractivity contribution in [2.24, 2.45) is 0 Å². The summed E-state index contributed by atoms with van der Waals surface area (Å²) in [6.07, 6.45) is -0.396. The van der Waals surface area contributed by atoms with Gasteiger partial charge in [0.25, 0.3) is 0 Å². The van der Waals surface area contributed by atoms with Crippen molar-refractivity contribution in [3.8, 4) is 0 Å². The molecule has 0 radical (unpaired) electrons. The molecule has 3 N–H and O–H groups in total. The topological polar surface area (TPSA) is 129 Å². The lowest BCUT2D eigenvalue weighted by Gasteiger charge is -2.21. The van der Waals surface area contributed by atoms with Gasteiger partial charge >= 0.3 is 12.0 Å². The van der Waals surface area contributed by atoms with E-state index >= 15 is 0 Å². The molecule has 2 atom stereocenters. The summed E-state index contributed by atoms with van der Waals surface area (Å²) in [5.74, 6) is -0.205. The third-order valence-electron chi connectivity index (χ3n) is 3.01. The summed E-state index contributed by atoms with van der Waals surface area (Å²) in [7, 11) is 0. The lowest BCUT2D eigenvalue weighted by molar-refractivity contribution is -0.141. The lowest BCUT2D eigenvalue weighted by Crippen LogP contribution is -2.46. The molecule has 2 heterocycles. The summed E-state index contributed by atoms with van der Waals surface area (Å²) in [6, 6.07) is -1.51. The molecule has 1 aliphatic rings. The van der Waals surface area contributed by atoms with Crippen LogP contribution in [0.1, 0.15) is 18.1 Å². The Kier molecular flexibility index (Phi) is 4.18. The van der Waals surface area contributed by atoms with Gasteiger partial charge in [-0.3, -0.25) is 0 Å². The lowest BCUT2D eigenvalue weighted by atomic mass is 10.2. The molecule has 0 saturated carbocycles. The van der Waals surface area contributed by atoms with Gasteiger partial charge in [-0.25, -0.2) is 9.59 Å². The number of aryl methyl sites for hydroxylation is 1. The van der Waals surface area contributed by atoms with Crippen LogP contribution < -0.4 is 5.32 Å². The third-order valence-corrected chi connectivity index (χ3v) is 3.01. The van der Waals surface area contributed by atoms with E-state index < -0.39 is 24.1 Å². The molecular weight excluding hydrogens is 268 g/mol. The van der Waals surface area contributed by atoms with E-state index in [1.807, 2.05) is 0 Å². The van der Waals surface area contributed by atoms with Crippen LogP contribution in [0.2, 0.25) is 0 Å². The zero-order chi connectivity index (χ0) is 14.7. The minimum Gasteiger partial charge on any atom is -0.480 e. The first-order valence-corrected chi connectivity index (χ1v) is 6.22. The van der Waals surface area contributed by atoms with E-state index in [1.54, 1.807) is 6.92 Å². The van der Waals surface area contributed by atoms with Crippen LogP contribution in [0, 0.1) is 6.92 Å². The molecule has 9 nitrogen and oxygen atoms in total. The minimum absolute atomic E-state index is 0.0163. The molecule has 0 aromatic carbocycles. The van der Waals surface area contributed by atoms with Crippen LogP contribution >= 0.6 is 0 Å². The highest BCUT2D eigenvalue weighted by molar-refractivity contribution is 5.83. The fourth-order valence-electron chi connectivity index (χ4n) is 2.09. The summed E-state index contributed by atoms with van der Waals surface area (Å²) < 4.78 is 4.89. The van der Waals surface area contributed by atoms with E-state index in [2.05, 4.69) is 15.5 Å². The number of hydrogen-bond acceptors (Lipinski definition) is 6. The first kappa shape index (κ1) is 14.3. The number of aliphatic hydroxyl groups is 1. The Morgan fingerprint density at radius 2 is 2.30 bits per heavy atom. The highest BCUT2D eigenvalue weighted by Crippen LogP contribution is 2.17. The van der Waals surface area contributed by atoms with E-state index in [0.29, 0.717) is 18.1 Å². The Morgan fingerprint density at radius 3 is 2.90 bits per heavy atom. The fraction of sp³-hybridized carbons (Fsp3) is 0.636. The minimum atomic E-state index is -1.12. The predicted molar refractivity (Wildman–Crippen MR) is 64.9 cm³/mol. The Bertz CT molecular complexity index is 503. The summed E-state index contributed by atoms with van der Waals surface area (Å²) in [5, 5.41) is 24.6. The Hall–Kier alpha value is -2.16. The number of urea groups is 1. The normalized spacial score (nSPS) is 22.0. The van der Waals surface area contributed by atoms with Crippen molar-refractivity contribution in [1.29, 1.82) is 0 Å². The molecule has 0 aliphatic carbocycles. The van der Waals surface area contributed by atoms with Crippen LogP contribution in [0.4, 0.5) is 4.79 Å². The van der Waals surface area contributed by atoms with Gasteiger partial charge in [0.15, 0.2) is 5.82 Å². The zero-order valence-corrected chi connectivity index (χ0v) is 10.9. The largest absolute Gasteiger partial charge is 0.480 e. The van der Waals surface area contributed by atoms with Crippen molar-refractivity contribution in [3.05, 3.63) is 11.7 Å². The van der Waals surface area contributed by atoms with Crippen molar-refractivity contribution < 1.29 is 24.3 Å². The van der Waals surface area contributed by atoms with Gasteiger partial charge in [0.2, 0.25) is 5.89 Å².